The second kappa shape index (κ2) is 7.58. The zero-order valence-electron chi connectivity index (χ0n) is 12.7. The minimum absolute atomic E-state index is 0.575. The van der Waals surface area contributed by atoms with Gasteiger partial charge in [-0.25, -0.2) is 0 Å². The van der Waals surface area contributed by atoms with E-state index in [1.54, 1.807) is 0 Å². The van der Waals surface area contributed by atoms with Crippen LogP contribution in [-0.4, -0.2) is 12.6 Å². The Kier molecular flexibility index (Phi) is 6.42. The van der Waals surface area contributed by atoms with Crippen molar-refractivity contribution >= 4 is 0 Å². The van der Waals surface area contributed by atoms with Gasteiger partial charge in [-0.05, 0) is 35.9 Å². The molecule has 2 unspecified atom stereocenters. The molecule has 18 heavy (non-hydrogen) atoms. The molecule has 0 radical (unpaired) electrons. The molecule has 1 N–H and O–H groups in total. The molecule has 1 rings (SSSR count). The molecule has 0 aliphatic carbocycles. The van der Waals surface area contributed by atoms with E-state index < -0.39 is 0 Å². The van der Waals surface area contributed by atoms with Crippen LogP contribution < -0.4 is 5.32 Å². The third-order valence-electron chi connectivity index (χ3n) is 3.72. The summed E-state index contributed by atoms with van der Waals surface area (Å²) in [5, 5.41) is 3.54. The van der Waals surface area contributed by atoms with Crippen molar-refractivity contribution in [2.45, 2.75) is 59.4 Å². The van der Waals surface area contributed by atoms with Crippen LogP contribution in [0.4, 0.5) is 0 Å². The first kappa shape index (κ1) is 15.2. The van der Waals surface area contributed by atoms with E-state index in [9.17, 15) is 0 Å². The van der Waals surface area contributed by atoms with Crippen LogP contribution >= 0.6 is 0 Å². The SMILES string of the molecule is CCCc1cccc(C(C)C(C)CNC(C)C)c1. The van der Waals surface area contributed by atoms with Gasteiger partial charge in [0.2, 0.25) is 0 Å². The first-order valence-corrected chi connectivity index (χ1v) is 7.36. The fourth-order valence-corrected chi connectivity index (χ4v) is 2.25. The first-order valence-electron chi connectivity index (χ1n) is 7.36. The van der Waals surface area contributed by atoms with E-state index in [1.807, 2.05) is 0 Å². The molecule has 0 bridgehead atoms. The number of aryl methyl sites for hydroxylation is 1. The lowest BCUT2D eigenvalue weighted by molar-refractivity contribution is 0.426. The van der Waals surface area contributed by atoms with Crippen LogP contribution in [-0.2, 0) is 6.42 Å². The molecule has 2 atom stereocenters. The highest BCUT2D eigenvalue weighted by Crippen LogP contribution is 2.24. The van der Waals surface area contributed by atoms with E-state index in [-0.39, 0.29) is 0 Å². The van der Waals surface area contributed by atoms with Crippen LogP contribution in [0, 0.1) is 5.92 Å². The van der Waals surface area contributed by atoms with Gasteiger partial charge in [-0.3, -0.25) is 0 Å². The molecule has 0 saturated heterocycles. The van der Waals surface area contributed by atoms with Crippen molar-refractivity contribution in [2.75, 3.05) is 6.54 Å². The molecule has 1 nitrogen and oxygen atoms in total. The highest BCUT2D eigenvalue weighted by molar-refractivity contribution is 5.26. The Bertz CT molecular complexity index is 343. The Morgan fingerprint density at radius 1 is 1.11 bits per heavy atom. The smallest absolute Gasteiger partial charge is 0.00104 e. The van der Waals surface area contributed by atoms with E-state index in [0.29, 0.717) is 17.9 Å². The van der Waals surface area contributed by atoms with E-state index in [4.69, 9.17) is 0 Å². The van der Waals surface area contributed by atoms with Gasteiger partial charge in [0.05, 0.1) is 0 Å². The van der Waals surface area contributed by atoms with Gasteiger partial charge in [0.1, 0.15) is 0 Å². The standard InChI is InChI=1S/C17H29N/c1-6-8-16-9-7-10-17(11-16)15(5)14(4)12-18-13(2)3/h7,9-11,13-15,18H,6,8,12H2,1-5H3. The zero-order valence-corrected chi connectivity index (χ0v) is 12.7. The van der Waals surface area contributed by atoms with Crippen molar-refractivity contribution in [1.82, 2.24) is 5.32 Å². The minimum atomic E-state index is 0.575. The van der Waals surface area contributed by atoms with Crippen LogP contribution in [0.3, 0.4) is 0 Å². The number of nitrogens with one attached hydrogen (secondary N) is 1. The molecule has 0 aliphatic heterocycles. The third kappa shape index (κ3) is 4.81. The van der Waals surface area contributed by atoms with Gasteiger partial charge in [0.15, 0.2) is 0 Å². The third-order valence-corrected chi connectivity index (χ3v) is 3.72. The topological polar surface area (TPSA) is 12.0 Å². The summed E-state index contributed by atoms with van der Waals surface area (Å²) in [6, 6.07) is 9.69. The molecule has 0 aliphatic rings. The summed E-state index contributed by atoms with van der Waals surface area (Å²) in [7, 11) is 0. The summed E-state index contributed by atoms with van der Waals surface area (Å²) in [6.45, 7) is 12.4. The molecule has 0 amide bonds. The molecule has 0 heterocycles. The number of benzene rings is 1. The molecule has 1 aromatic carbocycles. The molecule has 0 fully saturated rings. The van der Waals surface area contributed by atoms with Gasteiger partial charge >= 0.3 is 0 Å². The van der Waals surface area contributed by atoms with Gasteiger partial charge in [-0.2, -0.15) is 0 Å². The number of hydrogen-bond acceptors (Lipinski definition) is 1. The van der Waals surface area contributed by atoms with Crippen molar-refractivity contribution in [3.8, 4) is 0 Å². The number of hydrogen-bond donors (Lipinski definition) is 1. The van der Waals surface area contributed by atoms with Crippen molar-refractivity contribution in [3.05, 3.63) is 35.4 Å². The van der Waals surface area contributed by atoms with Gasteiger partial charge < -0.3 is 5.32 Å². The lowest BCUT2D eigenvalue weighted by Crippen LogP contribution is -2.29. The normalized spacial score (nSPS) is 14.8. The van der Waals surface area contributed by atoms with E-state index >= 15 is 0 Å². The van der Waals surface area contributed by atoms with E-state index in [1.165, 1.54) is 24.0 Å². The monoisotopic (exact) mass is 247 g/mol. The molecule has 0 aromatic heterocycles. The van der Waals surface area contributed by atoms with Crippen LogP contribution in [0.15, 0.2) is 24.3 Å². The van der Waals surface area contributed by atoms with Gasteiger partial charge in [-0.1, -0.05) is 65.3 Å². The Morgan fingerprint density at radius 2 is 1.83 bits per heavy atom. The van der Waals surface area contributed by atoms with Gasteiger partial charge in [0.25, 0.3) is 0 Å². The Balaban J connectivity index is 2.64. The zero-order chi connectivity index (χ0) is 13.5. The maximum atomic E-state index is 3.54. The lowest BCUT2D eigenvalue weighted by Gasteiger charge is -2.22. The van der Waals surface area contributed by atoms with Gasteiger partial charge in [-0.15, -0.1) is 0 Å². The molecule has 0 saturated carbocycles. The summed E-state index contributed by atoms with van der Waals surface area (Å²) < 4.78 is 0. The second-order valence-corrected chi connectivity index (χ2v) is 5.82. The van der Waals surface area contributed by atoms with Crippen molar-refractivity contribution in [2.24, 2.45) is 5.92 Å². The summed E-state index contributed by atoms with van der Waals surface area (Å²) in [5.41, 5.74) is 2.96. The van der Waals surface area contributed by atoms with Crippen molar-refractivity contribution in [3.63, 3.8) is 0 Å². The van der Waals surface area contributed by atoms with Crippen LogP contribution in [0.25, 0.3) is 0 Å². The van der Waals surface area contributed by atoms with Crippen LogP contribution in [0.2, 0.25) is 0 Å². The maximum absolute atomic E-state index is 3.54. The minimum Gasteiger partial charge on any atom is -0.314 e. The largest absolute Gasteiger partial charge is 0.314 e. The molecule has 1 heteroatoms. The Labute approximate surface area is 113 Å². The predicted octanol–water partition coefficient (Wildman–Crippen LogP) is 4.38. The molecule has 0 spiro atoms. The predicted molar refractivity (Wildman–Crippen MR) is 81.2 cm³/mol. The average molecular weight is 247 g/mol. The number of rotatable bonds is 7. The second-order valence-electron chi connectivity index (χ2n) is 5.82. The summed E-state index contributed by atoms with van der Waals surface area (Å²) in [4.78, 5) is 0. The Morgan fingerprint density at radius 3 is 2.44 bits per heavy atom. The summed E-state index contributed by atoms with van der Waals surface area (Å²) >= 11 is 0. The highest BCUT2D eigenvalue weighted by Gasteiger charge is 2.14. The summed E-state index contributed by atoms with van der Waals surface area (Å²) in [5.74, 6) is 1.29. The van der Waals surface area contributed by atoms with Crippen molar-refractivity contribution in [1.29, 1.82) is 0 Å². The average Bonchev–Trinajstić information content (AvgIpc) is 2.35. The molecular formula is C17H29N. The maximum Gasteiger partial charge on any atom is 0.00104 e. The Hall–Kier alpha value is -0.820. The van der Waals surface area contributed by atoms with E-state index in [2.05, 4.69) is 64.2 Å². The van der Waals surface area contributed by atoms with Crippen LogP contribution in [0.1, 0.15) is 58.1 Å². The molecule has 1 aromatic rings. The lowest BCUT2D eigenvalue weighted by atomic mass is 9.87. The van der Waals surface area contributed by atoms with Crippen molar-refractivity contribution < 1.29 is 0 Å². The summed E-state index contributed by atoms with van der Waals surface area (Å²) in [6.07, 6.45) is 2.42. The fraction of sp³-hybridized carbons (Fsp3) is 0.647. The fourth-order valence-electron chi connectivity index (χ4n) is 2.25. The van der Waals surface area contributed by atoms with Gasteiger partial charge in [0, 0.05) is 6.04 Å². The molecule has 102 valence electrons. The van der Waals surface area contributed by atoms with Crippen LogP contribution in [0.5, 0.6) is 0 Å². The van der Waals surface area contributed by atoms with E-state index in [0.717, 1.165) is 6.54 Å². The molecular weight excluding hydrogens is 218 g/mol. The quantitative estimate of drug-likeness (QED) is 0.754. The first-order chi connectivity index (χ1) is 8.54. The highest BCUT2D eigenvalue weighted by atomic mass is 14.9.